The summed E-state index contributed by atoms with van der Waals surface area (Å²) in [5.74, 6) is -0.247. The van der Waals surface area contributed by atoms with E-state index >= 15 is 0 Å². The van der Waals surface area contributed by atoms with Gasteiger partial charge in [0.15, 0.2) is 0 Å². The standard InChI is InChI=1S/C21H22N2O3/c24-19-9-5-4-8-18(19)22-21(26)17-12-14-23(15-13-17)20(25)11-10-16-6-2-1-3-7-16/h1-11,17,24H,12-15H2,(H,22,26)/b11-10+. The minimum atomic E-state index is -0.156. The zero-order valence-corrected chi connectivity index (χ0v) is 14.5. The van der Waals surface area contributed by atoms with Crippen LogP contribution in [0.5, 0.6) is 5.75 Å². The lowest BCUT2D eigenvalue weighted by Gasteiger charge is -2.30. The Morgan fingerprint density at radius 3 is 2.35 bits per heavy atom. The highest BCUT2D eigenvalue weighted by Crippen LogP contribution is 2.24. The lowest BCUT2D eigenvalue weighted by molar-refractivity contribution is -0.130. The van der Waals surface area contributed by atoms with E-state index in [1.165, 1.54) is 6.07 Å². The molecule has 5 nitrogen and oxygen atoms in total. The van der Waals surface area contributed by atoms with Crippen LogP contribution in [-0.2, 0) is 9.59 Å². The van der Waals surface area contributed by atoms with Crippen LogP contribution in [-0.4, -0.2) is 34.9 Å². The number of hydrogen-bond acceptors (Lipinski definition) is 3. The van der Waals surface area contributed by atoms with Crippen molar-refractivity contribution < 1.29 is 14.7 Å². The van der Waals surface area contributed by atoms with E-state index in [4.69, 9.17) is 0 Å². The monoisotopic (exact) mass is 350 g/mol. The minimum Gasteiger partial charge on any atom is -0.506 e. The molecule has 1 saturated heterocycles. The van der Waals surface area contributed by atoms with Crippen LogP contribution in [0.25, 0.3) is 6.08 Å². The van der Waals surface area contributed by atoms with Crippen LogP contribution in [0.3, 0.4) is 0 Å². The number of benzene rings is 2. The molecule has 2 aromatic carbocycles. The van der Waals surface area contributed by atoms with E-state index < -0.39 is 0 Å². The highest BCUT2D eigenvalue weighted by Gasteiger charge is 2.26. The molecule has 5 heteroatoms. The lowest BCUT2D eigenvalue weighted by atomic mass is 9.95. The third kappa shape index (κ3) is 4.51. The second kappa shape index (κ2) is 8.34. The number of amides is 2. The van der Waals surface area contributed by atoms with Crippen molar-refractivity contribution in [3.8, 4) is 5.75 Å². The highest BCUT2D eigenvalue weighted by atomic mass is 16.3. The number of carbonyl (C=O) groups excluding carboxylic acids is 2. The fourth-order valence-corrected chi connectivity index (χ4v) is 3.01. The Kier molecular flexibility index (Phi) is 5.69. The van der Waals surface area contributed by atoms with Crippen molar-refractivity contribution in [1.29, 1.82) is 0 Å². The van der Waals surface area contributed by atoms with Gasteiger partial charge in [-0.1, -0.05) is 42.5 Å². The van der Waals surface area contributed by atoms with Crippen LogP contribution in [0.2, 0.25) is 0 Å². The van der Waals surface area contributed by atoms with Crippen LogP contribution >= 0.6 is 0 Å². The average Bonchev–Trinajstić information content (AvgIpc) is 2.69. The third-order valence-corrected chi connectivity index (χ3v) is 4.56. The number of carbonyl (C=O) groups is 2. The predicted molar refractivity (Wildman–Crippen MR) is 102 cm³/mol. The van der Waals surface area contributed by atoms with E-state index in [-0.39, 0.29) is 23.5 Å². The zero-order chi connectivity index (χ0) is 18.4. The van der Waals surface area contributed by atoms with Gasteiger partial charge in [-0.2, -0.15) is 0 Å². The number of likely N-dealkylation sites (tertiary alicyclic amines) is 1. The van der Waals surface area contributed by atoms with Gasteiger partial charge in [-0.05, 0) is 36.6 Å². The molecule has 2 N–H and O–H groups in total. The quantitative estimate of drug-likeness (QED) is 0.657. The van der Waals surface area contributed by atoms with Crippen LogP contribution in [0.15, 0.2) is 60.7 Å². The molecule has 1 fully saturated rings. The van der Waals surface area contributed by atoms with Crippen LogP contribution in [0.4, 0.5) is 5.69 Å². The van der Waals surface area contributed by atoms with Gasteiger partial charge in [0.1, 0.15) is 5.75 Å². The minimum absolute atomic E-state index is 0.0339. The van der Waals surface area contributed by atoms with Crippen molar-refractivity contribution in [3.05, 3.63) is 66.2 Å². The smallest absolute Gasteiger partial charge is 0.246 e. The summed E-state index contributed by atoms with van der Waals surface area (Å²) in [5.41, 5.74) is 1.40. The number of para-hydroxylation sites is 2. The normalized spacial score (nSPS) is 15.2. The summed E-state index contributed by atoms with van der Waals surface area (Å²) >= 11 is 0. The van der Waals surface area contributed by atoms with E-state index in [1.54, 1.807) is 35.3 Å². The second-order valence-electron chi connectivity index (χ2n) is 6.35. The Morgan fingerprint density at radius 2 is 1.65 bits per heavy atom. The Morgan fingerprint density at radius 1 is 1.00 bits per heavy atom. The Labute approximate surface area is 153 Å². The maximum absolute atomic E-state index is 12.4. The molecule has 0 atom stereocenters. The van der Waals surface area contributed by atoms with Gasteiger partial charge < -0.3 is 15.3 Å². The molecular formula is C21H22N2O3. The summed E-state index contributed by atoms with van der Waals surface area (Å²) in [6.07, 6.45) is 4.62. The van der Waals surface area contributed by atoms with Gasteiger partial charge in [0.25, 0.3) is 0 Å². The van der Waals surface area contributed by atoms with Gasteiger partial charge in [0.05, 0.1) is 5.69 Å². The number of anilines is 1. The number of rotatable bonds is 4. The number of aromatic hydroxyl groups is 1. The third-order valence-electron chi connectivity index (χ3n) is 4.56. The molecule has 0 radical (unpaired) electrons. The molecule has 0 unspecified atom stereocenters. The SMILES string of the molecule is O=C(Nc1ccccc1O)C1CCN(C(=O)/C=C/c2ccccc2)CC1. The summed E-state index contributed by atoms with van der Waals surface area (Å²) in [5, 5.41) is 12.5. The van der Waals surface area contributed by atoms with Gasteiger partial charge in [-0.15, -0.1) is 0 Å². The Balaban J connectivity index is 1.50. The average molecular weight is 350 g/mol. The van der Waals surface area contributed by atoms with E-state index in [0.29, 0.717) is 31.6 Å². The first-order chi connectivity index (χ1) is 12.6. The number of nitrogens with zero attached hydrogens (tertiary/aromatic N) is 1. The zero-order valence-electron chi connectivity index (χ0n) is 14.5. The number of hydrogen-bond donors (Lipinski definition) is 2. The summed E-state index contributed by atoms with van der Waals surface area (Å²) in [6, 6.07) is 16.4. The molecule has 134 valence electrons. The topological polar surface area (TPSA) is 69.6 Å². The number of piperidine rings is 1. The first-order valence-corrected chi connectivity index (χ1v) is 8.74. The number of phenolic OH excluding ortho intramolecular Hbond substituents is 1. The molecule has 1 aliphatic heterocycles. The van der Waals surface area contributed by atoms with E-state index in [2.05, 4.69) is 5.32 Å². The first-order valence-electron chi connectivity index (χ1n) is 8.74. The van der Waals surface area contributed by atoms with Gasteiger partial charge in [-0.3, -0.25) is 9.59 Å². The fourth-order valence-electron chi connectivity index (χ4n) is 3.01. The summed E-state index contributed by atoms with van der Waals surface area (Å²) in [7, 11) is 0. The maximum atomic E-state index is 12.4. The molecule has 3 rings (SSSR count). The van der Waals surface area contributed by atoms with E-state index in [1.807, 2.05) is 30.3 Å². The molecule has 26 heavy (non-hydrogen) atoms. The van der Waals surface area contributed by atoms with Crippen molar-refractivity contribution >= 4 is 23.6 Å². The molecule has 0 aliphatic carbocycles. The van der Waals surface area contributed by atoms with Gasteiger partial charge >= 0.3 is 0 Å². The fraction of sp³-hybridized carbons (Fsp3) is 0.238. The summed E-state index contributed by atoms with van der Waals surface area (Å²) in [6.45, 7) is 1.10. The van der Waals surface area contributed by atoms with Gasteiger partial charge in [-0.25, -0.2) is 0 Å². The molecular weight excluding hydrogens is 328 g/mol. The van der Waals surface area contributed by atoms with Crippen LogP contribution in [0.1, 0.15) is 18.4 Å². The predicted octanol–water partition coefficient (Wildman–Crippen LogP) is 3.28. The maximum Gasteiger partial charge on any atom is 0.246 e. The van der Waals surface area contributed by atoms with Gasteiger partial charge in [0.2, 0.25) is 11.8 Å². The van der Waals surface area contributed by atoms with Crippen LogP contribution in [0, 0.1) is 5.92 Å². The second-order valence-corrected chi connectivity index (χ2v) is 6.35. The molecule has 0 saturated carbocycles. The van der Waals surface area contributed by atoms with E-state index in [0.717, 1.165) is 5.56 Å². The molecule has 0 bridgehead atoms. The van der Waals surface area contributed by atoms with Crippen molar-refractivity contribution in [2.24, 2.45) is 5.92 Å². The van der Waals surface area contributed by atoms with Crippen molar-refractivity contribution in [2.75, 3.05) is 18.4 Å². The summed E-state index contributed by atoms with van der Waals surface area (Å²) < 4.78 is 0. The van der Waals surface area contributed by atoms with Crippen LogP contribution < -0.4 is 5.32 Å². The molecule has 1 aliphatic rings. The van der Waals surface area contributed by atoms with E-state index in [9.17, 15) is 14.7 Å². The molecule has 2 amide bonds. The van der Waals surface area contributed by atoms with Crippen molar-refractivity contribution in [3.63, 3.8) is 0 Å². The molecule has 1 heterocycles. The molecule has 2 aromatic rings. The van der Waals surface area contributed by atoms with Crippen molar-refractivity contribution in [1.82, 2.24) is 4.90 Å². The highest BCUT2D eigenvalue weighted by molar-refractivity contribution is 5.95. The summed E-state index contributed by atoms with van der Waals surface area (Å²) in [4.78, 5) is 26.4. The first kappa shape index (κ1) is 17.7. The molecule has 0 aromatic heterocycles. The van der Waals surface area contributed by atoms with Gasteiger partial charge in [0, 0.05) is 25.1 Å². The Bertz CT molecular complexity index is 794. The van der Waals surface area contributed by atoms with Crippen molar-refractivity contribution in [2.45, 2.75) is 12.8 Å². The number of phenols is 1. The number of nitrogens with one attached hydrogen (secondary N) is 1. The lowest BCUT2D eigenvalue weighted by Crippen LogP contribution is -2.40. The largest absolute Gasteiger partial charge is 0.506 e. The molecule has 0 spiro atoms. The Hall–Kier alpha value is -3.08.